The lowest BCUT2D eigenvalue weighted by molar-refractivity contribution is 0.301. The Morgan fingerprint density at radius 1 is 0.970 bits per heavy atom. The molecule has 176 valence electrons. The van der Waals surface area contributed by atoms with E-state index in [1.807, 2.05) is 74.5 Å². The summed E-state index contributed by atoms with van der Waals surface area (Å²) in [5.74, 6) is 2.88. The van der Waals surface area contributed by atoms with E-state index >= 15 is 0 Å². The first-order valence-electron chi connectivity index (χ1n) is 10.7. The third kappa shape index (κ3) is 8.45. The molecule has 0 aliphatic rings. The first-order valence-corrected chi connectivity index (χ1v) is 10.7. The average molecular weight is 562 g/mol. The molecule has 3 rings (SSSR count). The summed E-state index contributed by atoms with van der Waals surface area (Å²) in [6.45, 7) is 6.29. The Morgan fingerprint density at radius 2 is 1.79 bits per heavy atom. The molecule has 33 heavy (non-hydrogen) atoms. The van der Waals surface area contributed by atoms with Crippen molar-refractivity contribution in [3.05, 3.63) is 78.1 Å². The van der Waals surface area contributed by atoms with Crippen LogP contribution >= 0.6 is 24.0 Å². The quantitative estimate of drug-likeness (QED) is 0.200. The van der Waals surface area contributed by atoms with E-state index in [1.165, 1.54) is 0 Å². The number of hydrogen-bond donors (Lipinski definition) is 2. The highest BCUT2D eigenvalue weighted by Gasteiger charge is 2.07. The van der Waals surface area contributed by atoms with E-state index in [0.29, 0.717) is 37.2 Å². The zero-order valence-corrected chi connectivity index (χ0v) is 21.5. The number of hydrogen-bond acceptors (Lipinski definition) is 5. The van der Waals surface area contributed by atoms with Gasteiger partial charge < -0.3 is 24.8 Å². The Kier molecular flexibility index (Phi) is 11.3. The van der Waals surface area contributed by atoms with Crippen LogP contribution in [0.2, 0.25) is 0 Å². The van der Waals surface area contributed by atoms with Crippen LogP contribution < -0.4 is 24.8 Å². The largest absolute Gasteiger partial charge is 0.493 e. The average Bonchev–Trinajstić information content (AvgIpc) is 2.83. The summed E-state index contributed by atoms with van der Waals surface area (Å²) < 4.78 is 16.8. The summed E-state index contributed by atoms with van der Waals surface area (Å²) in [7, 11) is 1.63. The molecule has 0 atom stereocenters. The number of ether oxygens (including phenoxy) is 3. The Morgan fingerprint density at radius 3 is 2.45 bits per heavy atom. The number of aliphatic imine (C=N–C) groups is 1. The van der Waals surface area contributed by atoms with Crippen molar-refractivity contribution in [3.63, 3.8) is 0 Å². The van der Waals surface area contributed by atoms with Crippen molar-refractivity contribution in [2.24, 2.45) is 4.99 Å². The summed E-state index contributed by atoms with van der Waals surface area (Å²) in [6.07, 6.45) is 1.76. The van der Waals surface area contributed by atoms with Gasteiger partial charge in [0.05, 0.1) is 26.0 Å². The van der Waals surface area contributed by atoms with Crippen LogP contribution in [0.15, 0.2) is 71.9 Å². The predicted octanol–water partition coefficient (Wildman–Crippen LogP) is 5.26. The van der Waals surface area contributed by atoms with Crippen LogP contribution in [0, 0.1) is 0 Å². The van der Waals surface area contributed by atoms with Crippen molar-refractivity contribution in [1.82, 2.24) is 10.3 Å². The molecule has 0 bridgehead atoms. The number of nitrogens with zero attached hydrogens (tertiary/aromatic N) is 2. The van der Waals surface area contributed by atoms with Crippen molar-refractivity contribution in [1.29, 1.82) is 0 Å². The van der Waals surface area contributed by atoms with Gasteiger partial charge in [0.1, 0.15) is 12.4 Å². The molecule has 0 aliphatic heterocycles. The first-order chi connectivity index (χ1) is 15.7. The standard InChI is InChI=1S/C25H30N4O3.HI/c1-4-26-25(29-20-11-14-23(31-5-2)24(16-20)30-3)28-17-19-9-12-22(13-10-19)32-18-21-8-6-7-15-27-21;/h6-16H,4-5,17-18H2,1-3H3,(H2,26,28,29);1H. The van der Waals surface area contributed by atoms with Gasteiger partial charge in [0.2, 0.25) is 0 Å². The zero-order valence-electron chi connectivity index (χ0n) is 19.2. The second kappa shape index (κ2) is 14.2. The van der Waals surface area contributed by atoms with Gasteiger partial charge in [-0.3, -0.25) is 4.98 Å². The van der Waals surface area contributed by atoms with E-state index in [1.54, 1.807) is 13.3 Å². The number of guanidine groups is 1. The van der Waals surface area contributed by atoms with Crippen LogP contribution in [0.3, 0.4) is 0 Å². The zero-order chi connectivity index (χ0) is 22.6. The molecule has 0 saturated carbocycles. The Labute approximate surface area is 212 Å². The van der Waals surface area contributed by atoms with Gasteiger partial charge in [0, 0.05) is 24.5 Å². The summed E-state index contributed by atoms with van der Waals surface area (Å²) in [4.78, 5) is 8.95. The summed E-state index contributed by atoms with van der Waals surface area (Å²) in [5.41, 5.74) is 2.84. The molecule has 2 aromatic carbocycles. The van der Waals surface area contributed by atoms with Gasteiger partial charge in [-0.15, -0.1) is 24.0 Å². The van der Waals surface area contributed by atoms with Crippen molar-refractivity contribution in [2.75, 3.05) is 25.6 Å². The lowest BCUT2D eigenvalue weighted by Crippen LogP contribution is -2.30. The molecule has 1 heterocycles. The minimum Gasteiger partial charge on any atom is -0.493 e. The van der Waals surface area contributed by atoms with Crippen molar-refractivity contribution in [2.45, 2.75) is 27.0 Å². The molecule has 0 aliphatic carbocycles. The molecule has 1 aromatic heterocycles. The Balaban J connectivity index is 0.00000385. The highest BCUT2D eigenvalue weighted by atomic mass is 127. The number of anilines is 1. The number of benzene rings is 2. The number of nitrogens with one attached hydrogen (secondary N) is 2. The lowest BCUT2D eigenvalue weighted by atomic mass is 10.2. The highest BCUT2D eigenvalue weighted by Crippen LogP contribution is 2.30. The van der Waals surface area contributed by atoms with Gasteiger partial charge in [-0.1, -0.05) is 18.2 Å². The highest BCUT2D eigenvalue weighted by molar-refractivity contribution is 14.0. The van der Waals surface area contributed by atoms with Gasteiger partial charge in [0.25, 0.3) is 0 Å². The van der Waals surface area contributed by atoms with Crippen LogP contribution in [-0.2, 0) is 13.2 Å². The van der Waals surface area contributed by atoms with Crippen LogP contribution in [0.5, 0.6) is 17.2 Å². The fraction of sp³-hybridized carbons (Fsp3) is 0.280. The van der Waals surface area contributed by atoms with E-state index in [0.717, 1.165) is 29.2 Å². The first kappa shape index (κ1) is 26.2. The topological polar surface area (TPSA) is 77.0 Å². The molecule has 7 nitrogen and oxygen atoms in total. The second-order valence-electron chi connectivity index (χ2n) is 6.87. The maximum Gasteiger partial charge on any atom is 0.196 e. The minimum absolute atomic E-state index is 0. The van der Waals surface area contributed by atoms with E-state index in [-0.39, 0.29) is 24.0 Å². The molecule has 8 heteroatoms. The summed E-state index contributed by atoms with van der Waals surface area (Å²) >= 11 is 0. The van der Waals surface area contributed by atoms with Gasteiger partial charge >= 0.3 is 0 Å². The maximum atomic E-state index is 5.79. The van der Waals surface area contributed by atoms with E-state index < -0.39 is 0 Å². The fourth-order valence-corrected chi connectivity index (χ4v) is 2.97. The number of pyridine rings is 1. The van der Waals surface area contributed by atoms with Crippen LogP contribution in [-0.4, -0.2) is 31.2 Å². The number of rotatable bonds is 10. The number of methoxy groups -OCH3 is 1. The van der Waals surface area contributed by atoms with Crippen molar-refractivity contribution in [3.8, 4) is 17.2 Å². The fourth-order valence-electron chi connectivity index (χ4n) is 2.97. The van der Waals surface area contributed by atoms with Crippen LogP contribution in [0.25, 0.3) is 0 Å². The van der Waals surface area contributed by atoms with Gasteiger partial charge in [0.15, 0.2) is 17.5 Å². The third-order valence-electron chi connectivity index (χ3n) is 4.53. The molecule has 3 aromatic rings. The molecule has 0 spiro atoms. The van der Waals surface area contributed by atoms with Gasteiger partial charge in [-0.2, -0.15) is 0 Å². The molecule has 2 N–H and O–H groups in total. The maximum absolute atomic E-state index is 5.79. The molecule has 0 radical (unpaired) electrons. The van der Waals surface area contributed by atoms with Gasteiger partial charge in [-0.25, -0.2) is 4.99 Å². The summed E-state index contributed by atoms with van der Waals surface area (Å²) in [5, 5.41) is 6.58. The predicted molar refractivity (Wildman–Crippen MR) is 143 cm³/mol. The SMILES string of the molecule is CCNC(=NCc1ccc(OCc2ccccn2)cc1)Nc1ccc(OCC)c(OC)c1.I. The van der Waals surface area contributed by atoms with Crippen molar-refractivity contribution < 1.29 is 14.2 Å². The third-order valence-corrected chi connectivity index (χ3v) is 4.53. The lowest BCUT2D eigenvalue weighted by Gasteiger charge is -2.14. The van der Waals surface area contributed by atoms with Crippen LogP contribution in [0.4, 0.5) is 5.69 Å². The number of halogens is 1. The second-order valence-corrected chi connectivity index (χ2v) is 6.87. The molecule has 0 amide bonds. The summed E-state index contributed by atoms with van der Waals surface area (Å²) in [6, 6.07) is 19.4. The smallest absolute Gasteiger partial charge is 0.196 e. The monoisotopic (exact) mass is 562 g/mol. The number of aromatic nitrogens is 1. The molecule has 0 unspecified atom stereocenters. The minimum atomic E-state index is 0. The van der Waals surface area contributed by atoms with E-state index in [9.17, 15) is 0 Å². The molecular weight excluding hydrogens is 531 g/mol. The van der Waals surface area contributed by atoms with E-state index in [4.69, 9.17) is 14.2 Å². The molecular formula is C25H31IN4O3. The molecule has 0 saturated heterocycles. The Hall–Kier alpha value is -3.01. The van der Waals surface area contributed by atoms with Crippen molar-refractivity contribution >= 4 is 35.6 Å². The normalized spacial score (nSPS) is 10.7. The molecule has 0 fully saturated rings. The Bertz CT molecular complexity index is 998. The van der Waals surface area contributed by atoms with Gasteiger partial charge in [-0.05, 0) is 55.8 Å². The van der Waals surface area contributed by atoms with Crippen LogP contribution in [0.1, 0.15) is 25.1 Å². The van der Waals surface area contributed by atoms with E-state index in [2.05, 4.69) is 20.6 Å².